The van der Waals surface area contributed by atoms with Crippen LogP contribution in [0, 0.1) is 0 Å². The number of unbranched alkanes of at least 4 members (excludes halogenated alkanes) is 17. The number of allylic oxidation sites excluding steroid dienone is 30. The van der Waals surface area contributed by atoms with Gasteiger partial charge in [-0.25, -0.2) is 9.13 Å². The highest BCUT2D eigenvalue weighted by Gasteiger charge is 2.30. The first-order chi connectivity index (χ1) is 51.7. The van der Waals surface area contributed by atoms with E-state index in [0.29, 0.717) is 32.1 Å². The second-order valence-corrected chi connectivity index (χ2v) is 28.7. The quantitative estimate of drug-likeness (QED) is 0.0169. The van der Waals surface area contributed by atoms with E-state index in [1.807, 2.05) is 0 Å². The Bertz CT molecular complexity index is 2730. The molecule has 0 saturated heterocycles. The molecule has 0 aromatic carbocycles. The van der Waals surface area contributed by atoms with Crippen molar-refractivity contribution in [3.63, 3.8) is 0 Å². The number of hydrogen-bond donors (Lipinski definition) is 3. The van der Waals surface area contributed by atoms with Crippen molar-refractivity contribution in [3.05, 3.63) is 182 Å². The summed E-state index contributed by atoms with van der Waals surface area (Å²) < 4.78 is 68.6. The molecule has 0 aliphatic carbocycles. The maximum Gasteiger partial charge on any atom is 0.472 e. The number of aliphatic hydroxyl groups is 1. The van der Waals surface area contributed by atoms with Crippen LogP contribution in [-0.2, 0) is 65.4 Å². The number of phosphoric acid groups is 2. The van der Waals surface area contributed by atoms with Crippen LogP contribution in [0.3, 0.4) is 0 Å². The molecule has 0 radical (unpaired) electrons. The van der Waals surface area contributed by atoms with Crippen LogP contribution in [0.25, 0.3) is 0 Å². The molecule has 600 valence electrons. The number of ether oxygens (including phenoxy) is 4. The Morgan fingerprint density at radius 3 is 0.726 bits per heavy atom. The summed E-state index contributed by atoms with van der Waals surface area (Å²) >= 11 is 0. The zero-order valence-electron chi connectivity index (χ0n) is 65.5. The van der Waals surface area contributed by atoms with E-state index in [4.69, 9.17) is 37.0 Å². The smallest absolute Gasteiger partial charge is 0.462 e. The van der Waals surface area contributed by atoms with Crippen molar-refractivity contribution in [2.75, 3.05) is 39.6 Å². The third-order valence-electron chi connectivity index (χ3n) is 15.9. The highest BCUT2D eigenvalue weighted by atomic mass is 31.2. The van der Waals surface area contributed by atoms with E-state index >= 15 is 0 Å². The van der Waals surface area contributed by atoms with Gasteiger partial charge in [0.25, 0.3) is 0 Å². The van der Waals surface area contributed by atoms with Gasteiger partial charge in [-0.15, -0.1) is 0 Å². The van der Waals surface area contributed by atoms with Crippen LogP contribution < -0.4 is 0 Å². The van der Waals surface area contributed by atoms with Gasteiger partial charge in [-0.3, -0.25) is 37.3 Å². The topological polar surface area (TPSA) is 237 Å². The number of esters is 4. The van der Waals surface area contributed by atoms with Gasteiger partial charge in [-0.05, 0) is 173 Å². The molecule has 19 heteroatoms. The first-order valence-electron chi connectivity index (χ1n) is 40.0. The minimum Gasteiger partial charge on any atom is -0.462 e. The largest absolute Gasteiger partial charge is 0.472 e. The molecule has 0 saturated carbocycles. The molecule has 0 aromatic heterocycles. The van der Waals surface area contributed by atoms with E-state index in [2.05, 4.69) is 210 Å². The molecule has 3 N–H and O–H groups in total. The Morgan fingerprint density at radius 1 is 0.264 bits per heavy atom. The molecule has 0 spiro atoms. The monoisotopic (exact) mass is 1520 g/mol. The zero-order valence-corrected chi connectivity index (χ0v) is 67.3. The molecule has 0 bridgehead atoms. The standard InChI is InChI=1S/C87H140O17P2/c1-5-9-13-17-21-25-29-33-37-39-40-42-45-48-52-56-60-64-68-72-85(90)98-78-83(104-87(92)74-70-66-62-58-54-50-46-41-38-34-30-26-22-18-14-10-6-2)80-102-106(95,96)100-76-81(88)75-99-105(93,94)101-79-82(103-86(91)73-69-65-61-57-53-49-44-36-32-28-24-20-16-12-8-4)77-97-84(89)71-67-63-59-55-51-47-43-35-31-27-23-19-15-11-7-3/h9-16,21-28,33-38,40,42-44,51,53,55,57,81-83,88H,5-8,17-20,29-32,39,41,45-50,52,54,56,58-80H2,1-4H3,(H,93,94)(H,95,96)/b13-9-,14-10-,15-11-,16-12-,25-21-,26-22-,27-23-,28-24-,37-33-,38-34-,42-40-,43-35-,44-36-,55-51-,57-53-. The van der Waals surface area contributed by atoms with E-state index in [0.717, 1.165) is 199 Å². The van der Waals surface area contributed by atoms with Crippen molar-refractivity contribution < 1.29 is 80.2 Å². The van der Waals surface area contributed by atoms with Crippen molar-refractivity contribution in [2.45, 2.75) is 303 Å². The third-order valence-corrected chi connectivity index (χ3v) is 17.8. The first-order valence-corrected chi connectivity index (χ1v) is 43.0. The Balaban J connectivity index is 5.47. The maximum absolute atomic E-state index is 13.1. The Morgan fingerprint density at radius 2 is 0.462 bits per heavy atom. The summed E-state index contributed by atoms with van der Waals surface area (Å²) in [6, 6.07) is 0. The predicted molar refractivity (Wildman–Crippen MR) is 436 cm³/mol. The lowest BCUT2D eigenvalue weighted by Crippen LogP contribution is -2.30. The van der Waals surface area contributed by atoms with Gasteiger partial charge in [0.05, 0.1) is 26.4 Å². The van der Waals surface area contributed by atoms with Gasteiger partial charge in [0.15, 0.2) is 12.2 Å². The lowest BCUT2D eigenvalue weighted by molar-refractivity contribution is -0.161. The van der Waals surface area contributed by atoms with Gasteiger partial charge in [-0.1, -0.05) is 268 Å². The van der Waals surface area contributed by atoms with Crippen LogP contribution in [0.1, 0.15) is 285 Å². The maximum atomic E-state index is 13.1. The number of carbonyl (C=O) groups excluding carboxylic acids is 4. The predicted octanol–water partition coefficient (Wildman–Crippen LogP) is 23.6. The van der Waals surface area contributed by atoms with Gasteiger partial charge in [-0.2, -0.15) is 0 Å². The molecule has 106 heavy (non-hydrogen) atoms. The van der Waals surface area contributed by atoms with Gasteiger partial charge < -0.3 is 33.8 Å². The minimum absolute atomic E-state index is 0.0266. The van der Waals surface area contributed by atoms with Crippen LogP contribution in [0.5, 0.6) is 0 Å². The molecule has 5 atom stereocenters. The van der Waals surface area contributed by atoms with Crippen molar-refractivity contribution >= 4 is 39.5 Å². The van der Waals surface area contributed by atoms with Crippen LogP contribution in [0.2, 0.25) is 0 Å². The molecule has 0 aliphatic heterocycles. The molecule has 5 unspecified atom stereocenters. The van der Waals surface area contributed by atoms with E-state index in [9.17, 15) is 43.2 Å². The lowest BCUT2D eigenvalue weighted by atomic mass is 10.1. The van der Waals surface area contributed by atoms with Crippen LogP contribution >= 0.6 is 15.6 Å². The summed E-state index contributed by atoms with van der Waals surface area (Å²) in [6.45, 7) is 4.28. The SMILES string of the molecule is CC/C=C\C/C=C\C/C=C\C/C=C\CCCCCCCCC(=O)OCC(COP(=O)(O)OCC(O)COP(=O)(O)OCC(COC(=O)CCCC/C=C\C/C=C\C/C=C\C/C=C\CC)OC(=O)CCCC/C=C\C/C=C\C/C=C\C/C=C\CC)OC(=O)CCCCCCCCC/C=C\C/C=C\C/C=C\CC. The normalized spacial score (nSPS) is 14.8. The lowest BCUT2D eigenvalue weighted by Gasteiger charge is -2.21. The fraction of sp³-hybridized carbons (Fsp3) is 0.609. The van der Waals surface area contributed by atoms with Crippen LogP contribution in [-0.4, -0.2) is 96.7 Å². The van der Waals surface area contributed by atoms with Crippen LogP contribution in [0.4, 0.5) is 0 Å². The molecule has 0 heterocycles. The van der Waals surface area contributed by atoms with E-state index < -0.39 is 97.5 Å². The average molecular weight is 1520 g/mol. The number of phosphoric ester groups is 2. The summed E-state index contributed by atoms with van der Waals surface area (Å²) in [6.07, 6.45) is 93.0. The zero-order chi connectivity index (χ0) is 77.4. The van der Waals surface area contributed by atoms with Crippen LogP contribution in [0.15, 0.2) is 182 Å². The third kappa shape index (κ3) is 76.4. The summed E-state index contributed by atoms with van der Waals surface area (Å²) in [5.41, 5.74) is 0. The van der Waals surface area contributed by atoms with Gasteiger partial charge >= 0.3 is 39.5 Å². The van der Waals surface area contributed by atoms with Crippen molar-refractivity contribution in [3.8, 4) is 0 Å². The molecule has 0 rings (SSSR count). The van der Waals surface area contributed by atoms with Crippen molar-refractivity contribution in [1.82, 2.24) is 0 Å². The Labute approximate surface area is 641 Å². The highest BCUT2D eigenvalue weighted by Crippen LogP contribution is 2.45. The second-order valence-electron chi connectivity index (χ2n) is 25.8. The first kappa shape index (κ1) is 100. The van der Waals surface area contributed by atoms with E-state index in [-0.39, 0.29) is 25.7 Å². The fourth-order valence-corrected chi connectivity index (χ4v) is 11.5. The van der Waals surface area contributed by atoms with Gasteiger partial charge in [0, 0.05) is 25.7 Å². The van der Waals surface area contributed by atoms with Crippen molar-refractivity contribution in [2.24, 2.45) is 0 Å². The number of aliphatic hydroxyl groups excluding tert-OH is 1. The second kappa shape index (κ2) is 77.3. The molecule has 0 aromatic rings. The van der Waals surface area contributed by atoms with Crippen molar-refractivity contribution in [1.29, 1.82) is 0 Å². The van der Waals surface area contributed by atoms with E-state index in [1.54, 1.807) is 0 Å². The summed E-state index contributed by atoms with van der Waals surface area (Å²) in [4.78, 5) is 73.1. The Hall–Kier alpha value is -5.84. The van der Waals surface area contributed by atoms with E-state index in [1.165, 1.54) is 0 Å². The molecule has 0 aliphatic rings. The molecule has 0 fully saturated rings. The highest BCUT2D eigenvalue weighted by molar-refractivity contribution is 7.47. The summed E-state index contributed by atoms with van der Waals surface area (Å²) in [5.74, 6) is -2.31. The fourth-order valence-electron chi connectivity index (χ4n) is 9.91. The molecular formula is C87H140O17P2. The number of rotatable bonds is 73. The molecule has 17 nitrogen and oxygen atoms in total. The Kier molecular flexibility index (Phi) is 73.1. The average Bonchev–Trinajstić information content (AvgIpc) is 0.902. The molecule has 0 amide bonds. The van der Waals surface area contributed by atoms with Gasteiger partial charge in [0.2, 0.25) is 0 Å². The number of hydrogen-bond acceptors (Lipinski definition) is 15. The minimum atomic E-state index is -5.01. The molecular weight excluding hydrogens is 1380 g/mol. The summed E-state index contributed by atoms with van der Waals surface area (Å²) in [5, 5.41) is 10.6. The number of carbonyl (C=O) groups is 4. The summed E-state index contributed by atoms with van der Waals surface area (Å²) in [7, 11) is -10.0. The van der Waals surface area contributed by atoms with Gasteiger partial charge in [0.1, 0.15) is 19.3 Å².